The summed E-state index contributed by atoms with van der Waals surface area (Å²) < 4.78 is 8.42. The fourth-order valence-corrected chi connectivity index (χ4v) is 3.37. The van der Waals surface area contributed by atoms with Crippen LogP contribution in [0.3, 0.4) is 0 Å². The number of hydrogen-bond donors (Lipinski definition) is 5. The highest BCUT2D eigenvalue weighted by Gasteiger charge is 2.44. The first-order chi connectivity index (χ1) is 15.0. The highest BCUT2D eigenvalue weighted by atomic mass is 16.6. The smallest absolute Gasteiger partial charge is 0.254 e. The summed E-state index contributed by atoms with van der Waals surface area (Å²) in [6.45, 7) is 2.07. The van der Waals surface area contributed by atoms with Crippen molar-refractivity contribution in [2.24, 2.45) is 0 Å². The molecule has 3 aromatic rings. The molecule has 0 aromatic carbocycles. The van der Waals surface area contributed by atoms with E-state index < -0.39 is 31.1 Å². The monoisotopic (exact) mass is 432 g/mol. The molecular formula is C18H24N8O5. The van der Waals surface area contributed by atoms with E-state index >= 15 is 0 Å². The number of anilines is 1. The largest absolute Gasteiger partial charge is 0.394 e. The zero-order chi connectivity index (χ0) is 22.1. The van der Waals surface area contributed by atoms with E-state index in [1.807, 2.05) is 6.92 Å². The van der Waals surface area contributed by atoms with Crippen LogP contribution >= 0.6 is 0 Å². The molecule has 5 N–H and O–H groups in total. The van der Waals surface area contributed by atoms with Crippen LogP contribution < -0.4 is 10.6 Å². The Labute approximate surface area is 176 Å². The summed E-state index contributed by atoms with van der Waals surface area (Å²) in [5.74, 6) is 0.317. The number of hydrogen-bond acceptors (Lipinski definition) is 10. The zero-order valence-corrected chi connectivity index (χ0v) is 17.0. The van der Waals surface area contributed by atoms with Crippen molar-refractivity contribution in [2.45, 2.75) is 37.9 Å². The van der Waals surface area contributed by atoms with Crippen molar-refractivity contribution in [1.29, 1.82) is 0 Å². The molecule has 1 aliphatic rings. The lowest BCUT2D eigenvalue weighted by Crippen LogP contribution is -2.33. The Morgan fingerprint density at radius 1 is 1.29 bits per heavy atom. The molecule has 166 valence electrons. The Morgan fingerprint density at radius 3 is 2.77 bits per heavy atom. The third-order valence-corrected chi connectivity index (χ3v) is 5.02. The molecule has 0 spiro atoms. The molecule has 1 saturated heterocycles. The van der Waals surface area contributed by atoms with Crippen molar-refractivity contribution < 1.29 is 24.9 Å². The normalized spacial score (nSPS) is 23.4. The summed E-state index contributed by atoms with van der Waals surface area (Å²) in [6, 6.07) is 0. The number of aliphatic hydroxyl groups excluding tert-OH is 3. The lowest BCUT2D eigenvalue weighted by Gasteiger charge is -2.17. The van der Waals surface area contributed by atoms with Crippen LogP contribution in [0.4, 0.5) is 5.82 Å². The zero-order valence-electron chi connectivity index (χ0n) is 17.0. The number of nitrogens with zero attached hydrogens (tertiary/aromatic N) is 6. The van der Waals surface area contributed by atoms with E-state index in [4.69, 9.17) is 4.74 Å². The third-order valence-electron chi connectivity index (χ3n) is 5.02. The van der Waals surface area contributed by atoms with E-state index in [2.05, 4.69) is 30.7 Å². The molecule has 1 aliphatic heterocycles. The maximum absolute atomic E-state index is 12.2. The minimum atomic E-state index is -1.29. The van der Waals surface area contributed by atoms with Crippen LogP contribution in [0, 0.1) is 0 Å². The Bertz CT molecular complexity index is 1080. The molecule has 0 radical (unpaired) electrons. The third kappa shape index (κ3) is 3.72. The second-order valence-electron chi connectivity index (χ2n) is 7.10. The van der Waals surface area contributed by atoms with E-state index in [1.54, 1.807) is 7.05 Å². The molecule has 3 aromatic heterocycles. The van der Waals surface area contributed by atoms with E-state index in [0.29, 0.717) is 29.1 Å². The number of carbonyl (C=O) groups is 1. The number of nitrogens with one attached hydrogen (secondary N) is 2. The summed E-state index contributed by atoms with van der Waals surface area (Å²) in [7, 11) is 1.67. The van der Waals surface area contributed by atoms with E-state index in [0.717, 1.165) is 6.42 Å². The first-order valence-electron chi connectivity index (χ1n) is 9.86. The van der Waals surface area contributed by atoms with Gasteiger partial charge in [0.15, 0.2) is 23.2 Å². The first-order valence-corrected chi connectivity index (χ1v) is 9.86. The average molecular weight is 432 g/mol. The Morgan fingerprint density at radius 2 is 2.10 bits per heavy atom. The second-order valence-corrected chi connectivity index (χ2v) is 7.10. The van der Waals surface area contributed by atoms with E-state index in [9.17, 15) is 20.1 Å². The molecule has 4 heterocycles. The van der Waals surface area contributed by atoms with E-state index in [-0.39, 0.29) is 11.9 Å². The van der Waals surface area contributed by atoms with Crippen LogP contribution in [-0.2, 0) is 4.74 Å². The quantitative estimate of drug-likeness (QED) is 0.305. The Kier molecular flexibility index (Phi) is 5.82. The molecule has 13 nitrogen and oxygen atoms in total. The second kappa shape index (κ2) is 8.55. The van der Waals surface area contributed by atoms with Gasteiger partial charge in [0, 0.05) is 19.8 Å². The Balaban J connectivity index is 1.73. The number of aliphatic hydroxyl groups is 3. The van der Waals surface area contributed by atoms with Gasteiger partial charge in [-0.3, -0.25) is 9.36 Å². The minimum Gasteiger partial charge on any atom is -0.394 e. The van der Waals surface area contributed by atoms with Gasteiger partial charge in [-0.2, -0.15) is 15.1 Å². The van der Waals surface area contributed by atoms with Crippen LogP contribution in [0.25, 0.3) is 17.1 Å². The van der Waals surface area contributed by atoms with Crippen molar-refractivity contribution in [1.82, 2.24) is 34.6 Å². The van der Waals surface area contributed by atoms with Gasteiger partial charge in [0.1, 0.15) is 18.3 Å². The van der Waals surface area contributed by atoms with Gasteiger partial charge >= 0.3 is 0 Å². The summed E-state index contributed by atoms with van der Waals surface area (Å²) in [4.78, 5) is 25.4. The standard InChI is InChI=1S/C18H24N8O5/c1-3-4-20-16(30)9-5-22-26(6-9)18-23-14(19-2)11-15(24-18)25(8-21-11)17-13(29)12(28)10(7-27)31-17/h5-6,8,10,12-13,17,27-29H,3-4,7H2,1-2H3,(H,20,30)(H,19,23,24)/t10-,12-,13-,17?/m1/s1. The van der Waals surface area contributed by atoms with Crippen LogP contribution in [-0.4, -0.2) is 89.0 Å². The molecule has 0 aliphatic carbocycles. The van der Waals surface area contributed by atoms with Gasteiger partial charge in [-0.15, -0.1) is 0 Å². The molecular weight excluding hydrogens is 408 g/mol. The molecule has 4 atom stereocenters. The maximum atomic E-state index is 12.2. The van der Waals surface area contributed by atoms with Gasteiger partial charge in [0.2, 0.25) is 0 Å². The predicted molar refractivity (Wildman–Crippen MR) is 108 cm³/mol. The van der Waals surface area contributed by atoms with Gasteiger partial charge in [-0.1, -0.05) is 6.92 Å². The number of ether oxygens (including phenoxy) is 1. The SMILES string of the molecule is CCCNC(=O)c1cnn(-c2nc(NC)c3ncn(C4O[C@H](CO)[C@@H](O)[C@H]4O)c3n2)c1. The molecule has 1 fully saturated rings. The predicted octanol–water partition coefficient (Wildman–Crippen LogP) is -1.19. The van der Waals surface area contributed by atoms with Crippen LogP contribution in [0.2, 0.25) is 0 Å². The molecule has 13 heteroatoms. The fourth-order valence-electron chi connectivity index (χ4n) is 3.37. The van der Waals surface area contributed by atoms with Crippen LogP contribution in [0.5, 0.6) is 0 Å². The maximum Gasteiger partial charge on any atom is 0.254 e. The summed E-state index contributed by atoms with van der Waals surface area (Å²) in [5.41, 5.74) is 1.09. The lowest BCUT2D eigenvalue weighted by atomic mass is 10.1. The van der Waals surface area contributed by atoms with Crippen LogP contribution in [0.15, 0.2) is 18.7 Å². The van der Waals surface area contributed by atoms with Gasteiger partial charge in [0.05, 0.1) is 24.7 Å². The van der Waals surface area contributed by atoms with E-state index in [1.165, 1.54) is 28.0 Å². The summed E-state index contributed by atoms with van der Waals surface area (Å²) >= 11 is 0. The van der Waals surface area contributed by atoms with Gasteiger partial charge in [0.25, 0.3) is 11.9 Å². The first kappa shape index (κ1) is 21.1. The molecule has 0 bridgehead atoms. The number of fused-ring (bicyclic) bond motifs is 1. The van der Waals surface area contributed by atoms with Crippen molar-refractivity contribution in [3.8, 4) is 5.95 Å². The number of rotatable bonds is 7. The molecule has 1 amide bonds. The Hall–Kier alpha value is -3.13. The number of amides is 1. The van der Waals surface area contributed by atoms with Gasteiger partial charge in [-0.25, -0.2) is 9.67 Å². The number of carbonyl (C=O) groups excluding carboxylic acids is 1. The highest BCUT2D eigenvalue weighted by Crippen LogP contribution is 2.32. The number of imidazole rings is 1. The minimum absolute atomic E-state index is 0.167. The molecule has 1 unspecified atom stereocenters. The molecule has 31 heavy (non-hydrogen) atoms. The number of aromatic nitrogens is 6. The molecule has 4 rings (SSSR count). The molecule has 0 saturated carbocycles. The van der Waals surface area contributed by atoms with Gasteiger partial charge in [-0.05, 0) is 6.42 Å². The van der Waals surface area contributed by atoms with Crippen molar-refractivity contribution >= 4 is 22.9 Å². The van der Waals surface area contributed by atoms with Crippen molar-refractivity contribution in [3.63, 3.8) is 0 Å². The fraction of sp³-hybridized carbons (Fsp3) is 0.500. The summed E-state index contributed by atoms with van der Waals surface area (Å²) in [6.07, 6.45) is 0.681. The van der Waals surface area contributed by atoms with Gasteiger partial charge < -0.3 is 30.7 Å². The average Bonchev–Trinajstić information content (AvgIpc) is 3.50. The topological polar surface area (TPSA) is 172 Å². The van der Waals surface area contributed by atoms with Crippen molar-refractivity contribution in [3.05, 3.63) is 24.3 Å². The van der Waals surface area contributed by atoms with Crippen LogP contribution in [0.1, 0.15) is 29.9 Å². The lowest BCUT2D eigenvalue weighted by molar-refractivity contribution is -0.0511. The highest BCUT2D eigenvalue weighted by molar-refractivity contribution is 5.93. The van der Waals surface area contributed by atoms with Crippen molar-refractivity contribution in [2.75, 3.05) is 25.5 Å². The summed E-state index contributed by atoms with van der Waals surface area (Å²) in [5, 5.41) is 39.7.